The first kappa shape index (κ1) is 74.3. The summed E-state index contributed by atoms with van der Waals surface area (Å²) in [5.41, 5.74) is 0. The Labute approximate surface area is 487 Å². The quantitative estimate of drug-likeness (QED) is 0.0261. The van der Waals surface area contributed by atoms with Gasteiger partial charge in [-0.3, -0.25) is 14.4 Å². The number of carbonyl (C=O) groups is 3. The summed E-state index contributed by atoms with van der Waals surface area (Å²) < 4.78 is 16.9. The monoisotopic (exact) mass is 1090 g/mol. The lowest BCUT2D eigenvalue weighted by Gasteiger charge is -2.18. The molecule has 1 unspecified atom stereocenters. The number of allylic oxidation sites excluding steroid dienone is 24. The van der Waals surface area contributed by atoms with E-state index in [0.717, 1.165) is 173 Å². The van der Waals surface area contributed by atoms with Gasteiger partial charge in [0.25, 0.3) is 0 Å². The van der Waals surface area contributed by atoms with Crippen molar-refractivity contribution < 1.29 is 28.6 Å². The second-order valence-corrected chi connectivity index (χ2v) is 20.9. The van der Waals surface area contributed by atoms with Crippen molar-refractivity contribution in [2.75, 3.05) is 13.2 Å². The molecule has 446 valence electrons. The van der Waals surface area contributed by atoms with E-state index < -0.39 is 6.10 Å². The summed E-state index contributed by atoms with van der Waals surface area (Å²) in [4.78, 5) is 38.2. The zero-order valence-corrected chi connectivity index (χ0v) is 51.1. The molecular formula is C73H118O6. The van der Waals surface area contributed by atoms with Crippen molar-refractivity contribution in [3.63, 3.8) is 0 Å². The van der Waals surface area contributed by atoms with Crippen LogP contribution in [-0.2, 0) is 28.6 Å². The molecule has 0 aliphatic heterocycles. The van der Waals surface area contributed by atoms with Crippen LogP contribution in [0.1, 0.15) is 278 Å². The fourth-order valence-corrected chi connectivity index (χ4v) is 8.47. The van der Waals surface area contributed by atoms with Gasteiger partial charge in [-0.25, -0.2) is 0 Å². The maximum atomic E-state index is 12.9. The predicted molar refractivity (Wildman–Crippen MR) is 343 cm³/mol. The van der Waals surface area contributed by atoms with Crippen molar-refractivity contribution >= 4 is 17.9 Å². The Morgan fingerprint density at radius 2 is 0.519 bits per heavy atom. The molecule has 0 rings (SSSR count). The third kappa shape index (κ3) is 64.0. The third-order valence-corrected chi connectivity index (χ3v) is 13.3. The molecule has 6 nitrogen and oxygen atoms in total. The molecule has 0 N–H and O–H groups in total. The highest BCUT2D eigenvalue weighted by Crippen LogP contribution is 2.14. The second-order valence-electron chi connectivity index (χ2n) is 20.9. The Morgan fingerprint density at radius 1 is 0.266 bits per heavy atom. The molecular weight excluding hydrogens is 973 g/mol. The summed E-state index contributed by atoms with van der Waals surface area (Å²) in [6.07, 6.45) is 94.2. The van der Waals surface area contributed by atoms with Crippen LogP contribution in [0, 0.1) is 0 Å². The highest BCUT2D eigenvalue weighted by molar-refractivity contribution is 5.71. The molecule has 0 amide bonds. The Kier molecular flexibility index (Phi) is 61.9. The first-order chi connectivity index (χ1) is 39.0. The molecule has 0 aliphatic carbocycles. The van der Waals surface area contributed by atoms with Gasteiger partial charge in [0.05, 0.1) is 0 Å². The minimum atomic E-state index is -0.800. The second kappa shape index (κ2) is 65.8. The van der Waals surface area contributed by atoms with E-state index in [9.17, 15) is 14.4 Å². The van der Waals surface area contributed by atoms with Crippen molar-refractivity contribution in [2.45, 2.75) is 284 Å². The van der Waals surface area contributed by atoms with Gasteiger partial charge in [-0.2, -0.15) is 0 Å². The number of unbranched alkanes of at least 4 members (excludes halogenated alkanes) is 22. The van der Waals surface area contributed by atoms with Gasteiger partial charge in [0, 0.05) is 19.3 Å². The highest BCUT2D eigenvalue weighted by Gasteiger charge is 2.19. The molecule has 1 atom stereocenters. The van der Waals surface area contributed by atoms with E-state index in [-0.39, 0.29) is 31.1 Å². The van der Waals surface area contributed by atoms with Crippen LogP contribution in [0.2, 0.25) is 0 Å². The minimum absolute atomic E-state index is 0.0968. The van der Waals surface area contributed by atoms with Gasteiger partial charge in [0.15, 0.2) is 6.10 Å². The molecule has 0 aromatic carbocycles. The van der Waals surface area contributed by atoms with Crippen molar-refractivity contribution in [1.82, 2.24) is 0 Å². The average molecular weight is 1090 g/mol. The van der Waals surface area contributed by atoms with Crippen molar-refractivity contribution in [3.8, 4) is 0 Å². The molecule has 0 aromatic heterocycles. The Balaban J connectivity index is 4.30. The standard InChI is InChI=1S/C73H118O6/c1-4-7-10-13-16-19-22-25-27-28-29-30-31-32-33-34-35-36-37-38-39-40-41-42-43-44-46-48-51-54-57-60-63-66-72(75)78-69-70(68-77-71(74)65-62-59-56-53-50-47-24-21-18-15-12-9-6-3)79-73(76)67-64-61-58-55-52-49-45-26-23-20-17-14-11-8-5-2/h7,10,12,15-17,19-21,24-27,29-30,32-33,35-36,38-39,41-42,45,70H,4-6,8-9,11,13-14,18,22-23,28,31,34,37,40,43-44,46-69H2,1-3H3/b10-7-,15-12-,19-16-,20-17-,24-21-,27-25-,30-29-,33-32-,36-35-,39-38-,42-41-,45-26-. The zero-order valence-electron chi connectivity index (χ0n) is 51.1. The lowest BCUT2D eigenvalue weighted by atomic mass is 10.1. The van der Waals surface area contributed by atoms with Crippen LogP contribution >= 0.6 is 0 Å². The van der Waals surface area contributed by atoms with Crippen LogP contribution < -0.4 is 0 Å². The molecule has 0 bridgehead atoms. The van der Waals surface area contributed by atoms with Crippen molar-refractivity contribution in [2.24, 2.45) is 0 Å². The normalized spacial score (nSPS) is 13.1. The summed E-state index contributed by atoms with van der Waals surface area (Å²) in [7, 11) is 0. The van der Waals surface area contributed by atoms with Crippen molar-refractivity contribution in [3.05, 3.63) is 146 Å². The maximum Gasteiger partial charge on any atom is 0.306 e. The fourth-order valence-electron chi connectivity index (χ4n) is 8.47. The SMILES string of the molecule is CC/C=C\C/C=C\C/C=C\C/C=C\C/C=C\C/C=C\C/C=C\C/C=C\CCCCCCCCCCC(=O)OCC(COC(=O)CCCCCCC/C=C\C/C=C\CCC)OC(=O)CCCCCCC/C=C\C/C=C\CCCCC. The fraction of sp³-hybridized carbons (Fsp3) is 0.630. The first-order valence-corrected chi connectivity index (χ1v) is 32.3. The summed E-state index contributed by atoms with van der Waals surface area (Å²) in [5.74, 6) is -0.934. The molecule has 6 heteroatoms. The van der Waals surface area contributed by atoms with Gasteiger partial charge in [0.2, 0.25) is 0 Å². The number of hydrogen-bond donors (Lipinski definition) is 0. The smallest absolute Gasteiger partial charge is 0.306 e. The van der Waals surface area contributed by atoms with Gasteiger partial charge < -0.3 is 14.2 Å². The Bertz CT molecular complexity index is 1730. The summed E-state index contributed by atoms with van der Waals surface area (Å²) >= 11 is 0. The van der Waals surface area contributed by atoms with Gasteiger partial charge in [-0.05, 0) is 141 Å². The molecule has 79 heavy (non-hydrogen) atoms. The summed E-state index contributed by atoms with van der Waals surface area (Å²) in [5, 5.41) is 0. The number of hydrogen-bond acceptors (Lipinski definition) is 6. The van der Waals surface area contributed by atoms with Gasteiger partial charge in [-0.1, -0.05) is 263 Å². The molecule has 0 fully saturated rings. The average Bonchev–Trinajstić information content (AvgIpc) is 3.45. The number of carbonyl (C=O) groups excluding carboxylic acids is 3. The maximum absolute atomic E-state index is 12.9. The molecule has 0 heterocycles. The van der Waals surface area contributed by atoms with E-state index in [4.69, 9.17) is 14.2 Å². The van der Waals surface area contributed by atoms with Crippen LogP contribution in [-0.4, -0.2) is 37.2 Å². The molecule has 0 saturated carbocycles. The van der Waals surface area contributed by atoms with Crippen molar-refractivity contribution in [1.29, 1.82) is 0 Å². The minimum Gasteiger partial charge on any atom is -0.462 e. The van der Waals surface area contributed by atoms with Crippen LogP contribution in [0.25, 0.3) is 0 Å². The largest absolute Gasteiger partial charge is 0.462 e. The van der Waals surface area contributed by atoms with E-state index >= 15 is 0 Å². The highest BCUT2D eigenvalue weighted by atomic mass is 16.6. The molecule has 0 spiro atoms. The number of ether oxygens (including phenoxy) is 3. The molecule has 0 aliphatic rings. The van der Waals surface area contributed by atoms with Crippen LogP contribution in [0.5, 0.6) is 0 Å². The first-order valence-electron chi connectivity index (χ1n) is 32.3. The molecule has 0 radical (unpaired) electrons. The van der Waals surface area contributed by atoms with Gasteiger partial charge >= 0.3 is 17.9 Å². The van der Waals surface area contributed by atoms with Crippen LogP contribution in [0.3, 0.4) is 0 Å². The third-order valence-electron chi connectivity index (χ3n) is 13.3. The van der Waals surface area contributed by atoms with Crippen LogP contribution in [0.15, 0.2) is 146 Å². The van der Waals surface area contributed by atoms with Gasteiger partial charge in [-0.15, -0.1) is 0 Å². The molecule has 0 saturated heterocycles. The number of esters is 3. The lowest BCUT2D eigenvalue weighted by Crippen LogP contribution is -2.30. The molecule has 0 aromatic rings. The Morgan fingerprint density at radius 3 is 0.823 bits per heavy atom. The van der Waals surface area contributed by atoms with Crippen LogP contribution in [0.4, 0.5) is 0 Å². The van der Waals surface area contributed by atoms with E-state index in [1.807, 2.05) is 0 Å². The zero-order chi connectivity index (χ0) is 57.1. The predicted octanol–water partition coefficient (Wildman–Crippen LogP) is 22.3. The Hall–Kier alpha value is -4.71. The summed E-state index contributed by atoms with van der Waals surface area (Å²) in [6, 6.07) is 0. The van der Waals surface area contributed by atoms with E-state index in [1.165, 1.54) is 64.2 Å². The van der Waals surface area contributed by atoms with E-state index in [1.54, 1.807) is 0 Å². The van der Waals surface area contributed by atoms with E-state index in [0.29, 0.717) is 19.3 Å². The lowest BCUT2D eigenvalue weighted by molar-refractivity contribution is -0.167. The summed E-state index contributed by atoms with van der Waals surface area (Å²) in [6.45, 7) is 6.40. The number of rotatable bonds is 57. The van der Waals surface area contributed by atoms with Gasteiger partial charge in [0.1, 0.15) is 13.2 Å². The van der Waals surface area contributed by atoms with E-state index in [2.05, 4.69) is 167 Å². The topological polar surface area (TPSA) is 78.9 Å².